The smallest absolute Gasteiger partial charge is 0.0318 e. The molecule has 1 fully saturated rings. The average Bonchev–Trinajstić information content (AvgIpc) is 1.98. The predicted octanol–water partition coefficient (Wildman–Crippen LogP) is -0.224. The lowest BCUT2D eigenvalue weighted by atomic mass is 10.1. The van der Waals surface area contributed by atoms with Crippen LogP contribution < -0.4 is 11.5 Å². The summed E-state index contributed by atoms with van der Waals surface area (Å²) in [5.74, 6) is 1.03. The molecule has 0 bridgehead atoms. The van der Waals surface area contributed by atoms with E-state index in [4.69, 9.17) is 11.5 Å². The van der Waals surface area contributed by atoms with Crippen LogP contribution in [0, 0.1) is 0 Å². The van der Waals surface area contributed by atoms with E-state index in [1.54, 1.807) is 0 Å². The van der Waals surface area contributed by atoms with Gasteiger partial charge in [0.15, 0.2) is 0 Å². The first kappa shape index (κ1) is 6.39. The molecular formula is C5H12N2S. The Balaban J connectivity index is 2.44. The van der Waals surface area contributed by atoms with E-state index in [0.29, 0.717) is 5.25 Å². The third kappa shape index (κ3) is 0.989. The van der Waals surface area contributed by atoms with Crippen LogP contribution in [0.2, 0.25) is 0 Å². The van der Waals surface area contributed by atoms with Crippen LogP contribution in [0.25, 0.3) is 0 Å². The summed E-state index contributed by atoms with van der Waals surface area (Å²) in [6, 6.07) is 0.454. The largest absolute Gasteiger partial charge is 0.326 e. The summed E-state index contributed by atoms with van der Waals surface area (Å²) in [5, 5.41) is 0.560. The zero-order valence-corrected chi connectivity index (χ0v) is 5.82. The third-order valence-electron chi connectivity index (χ3n) is 1.59. The van der Waals surface area contributed by atoms with E-state index in [1.807, 2.05) is 11.8 Å². The van der Waals surface area contributed by atoms with Crippen molar-refractivity contribution >= 4 is 11.8 Å². The predicted molar refractivity (Wildman–Crippen MR) is 37.9 cm³/mol. The Kier molecular flexibility index (Phi) is 1.80. The van der Waals surface area contributed by atoms with Crippen molar-refractivity contribution in [3.63, 3.8) is 0 Å². The molecule has 8 heavy (non-hydrogen) atoms. The van der Waals surface area contributed by atoms with E-state index in [9.17, 15) is 0 Å². The Morgan fingerprint density at radius 1 is 1.50 bits per heavy atom. The summed E-state index contributed by atoms with van der Waals surface area (Å²) in [4.78, 5) is 0. The standard InChI is InChI=1S/C5H12N2S/c1-3-5(7)4(6)2-8-3/h3-5H,2,6-7H2,1H3/t3?,4-,5+/m1/s1. The Morgan fingerprint density at radius 2 is 2.12 bits per heavy atom. The van der Waals surface area contributed by atoms with Gasteiger partial charge >= 0.3 is 0 Å². The van der Waals surface area contributed by atoms with Crippen LogP contribution in [0.4, 0.5) is 0 Å². The molecule has 0 radical (unpaired) electrons. The van der Waals surface area contributed by atoms with Crippen LogP contribution in [-0.2, 0) is 0 Å². The maximum Gasteiger partial charge on any atom is 0.0318 e. The summed E-state index contributed by atoms with van der Waals surface area (Å²) in [5.41, 5.74) is 11.3. The van der Waals surface area contributed by atoms with E-state index >= 15 is 0 Å². The van der Waals surface area contributed by atoms with E-state index in [1.165, 1.54) is 0 Å². The molecule has 3 atom stereocenters. The molecule has 48 valence electrons. The molecule has 0 spiro atoms. The molecule has 0 aromatic carbocycles. The monoisotopic (exact) mass is 132 g/mol. The SMILES string of the molecule is CC1SC[C@@H](N)[C@H]1N. The minimum Gasteiger partial charge on any atom is -0.326 e. The van der Waals surface area contributed by atoms with Gasteiger partial charge in [-0.15, -0.1) is 0 Å². The van der Waals surface area contributed by atoms with Gasteiger partial charge in [0.1, 0.15) is 0 Å². The second-order valence-corrected chi connectivity index (χ2v) is 3.69. The van der Waals surface area contributed by atoms with Crippen molar-refractivity contribution in [2.75, 3.05) is 5.75 Å². The number of hydrogen-bond acceptors (Lipinski definition) is 3. The molecule has 1 unspecified atom stereocenters. The fraction of sp³-hybridized carbons (Fsp3) is 1.00. The Morgan fingerprint density at radius 3 is 2.25 bits per heavy atom. The van der Waals surface area contributed by atoms with Crippen molar-refractivity contribution in [2.24, 2.45) is 11.5 Å². The quantitative estimate of drug-likeness (QED) is 0.479. The van der Waals surface area contributed by atoms with Crippen molar-refractivity contribution in [3.8, 4) is 0 Å². The van der Waals surface area contributed by atoms with Gasteiger partial charge in [-0.2, -0.15) is 11.8 Å². The van der Waals surface area contributed by atoms with Gasteiger partial charge < -0.3 is 11.5 Å². The minimum absolute atomic E-state index is 0.222. The lowest BCUT2D eigenvalue weighted by Gasteiger charge is -2.10. The summed E-state index contributed by atoms with van der Waals surface area (Å²) in [6.07, 6.45) is 0. The molecule has 2 nitrogen and oxygen atoms in total. The summed E-state index contributed by atoms with van der Waals surface area (Å²) >= 11 is 1.86. The Hall–Kier alpha value is 0.270. The number of hydrogen-bond donors (Lipinski definition) is 2. The zero-order valence-electron chi connectivity index (χ0n) is 5.00. The average molecular weight is 132 g/mol. The summed E-state index contributed by atoms with van der Waals surface area (Å²) in [6.45, 7) is 2.13. The topological polar surface area (TPSA) is 52.0 Å². The minimum atomic E-state index is 0.222. The van der Waals surface area contributed by atoms with Crippen LogP contribution in [0.15, 0.2) is 0 Å². The first-order chi connectivity index (χ1) is 3.72. The van der Waals surface area contributed by atoms with Crippen molar-refractivity contribution in [2.45, 2.75) is 24.3 Å². The molecule has 0 aromatic rings. The number of rotatable bonds is 0. The van der Waals surface area contributed by atoms with Crippen molar-refractivity contribution in [3.05, 3.63) is 0 Å². The molecule has 1 aliphatic heterocycles. The Labute approximate surface area is 54.0 Å². The van der Waals surface area contributed by atoms with Crippen molar-refractivity contribution in [1.82, 2.24) is 0 Å². The molecule has 0 amide bonds. The van der Waals surface area contributed by atoms with Crippen LogP contribution >= 0.6 is 11.8 Å². The lowest BCUT2D eigenvalue weighted by molar-refractivity contribution is 0.589. The number of thioether (sulfide) groups is 1. The maximum absolute atomic E-state index is 5.68. The first-order valence-electron chi connectivity index (χ1n) is 2.84. The van der Waals surface area contributed by atoms with Gasteiger partial charge in [0.05, 0.1) is 0 Å². The second-order valence-electron chi connectivity index (χ2n) is 2.28. The van der Waals surface area contributed by atoms with E-state index in [2.05, 4.69) is 6.92 Å². The summed E-state index contributed by atoms with van der Waals surface area (Å²) in [7, 11) is 0. The highest BCUT2D eigenvalue weighted by Crippen LogP contribution is 2.23. The third-order valence-corrected chi connectivity index (χ3v) is 3.01. The zero-order chi connectivity index (χ0) is 6.15. The molecule has 0 aromatic heterocycles. The van der Waals surface area contributed by atoms with E-state index < -0.39 is 0 Å². The second kappa shape index (κ2) is 2.25. The molecule has 0 aliphatic carbocycles. The molecular weight excluding hydrogens is 120 g/mol. The first-order valence-corrected chi connectivity index (χ1v) is 3.89. The highest BCUT2D eigenvalue weighted by Gasteiger charge is 2.27. The highest BCUT2D eigenvalue weighted by molar-refractivity contribution is 8.00. The van der Waals surface area contributed by atoms with Gasteiger partial charge in [-0.1, -0.05) is 6.92 Å². The molecule has 3 heteroatoms. The van der Waals surface area contributed by atoms with E-state index in [-0.39, 0.29) is 12.1 Å². The molecule has 1 saturated heterocycles. The fourth-order valence-corrected chi connectivity index (χ4v) is 2.01. The maximum atomic E-state index is 5.68. The van der Waals surface area contributed by atoms with Crippen LogP contribution in [0.3, 0.4) is 0 Å². The van der Waals surface area contributed by atoms with Crippen molar-refractivity contribution < 1.29 is 0 Å². The van der Waals surface area contributed by atoms with Gasteiger partial charge in [0.25, 0.3) is 0 Å². The molecule has 1 aliphatic rings. The van der Waals surface area contributed by atoms with Gasteiger partial charge in [-0.25, -0.2) is 0 Å². The van der Waals surface area contributed by atoms with Gasteiger partial charge in [0.2, 0.25) is 0 Å². The highest BCUT2D eigenvalue weighted by atomic mass is 32.2. The molecule has 0 saturated carbocycles. The fourth-order valence-electron chi connectivity index (χ4n) is 0.833. The normalized spacial score (nSPS) is 47.6. The van der Waals surface area contributed by atoms with Crippen LogP contribution in [0.1, 0.15) is 6.92 Å². The van der Waals surface area contributed by atoms with Crippen LogP contribution in [0.5, 0.6) is 0 Å². The summed E-state index contributed by atoms with van der Waals surface area (Å²) < 4.78 is 0. The molecule has 1 rings (SSSR count). The van der Waals surface area contributed by atoms with Gasteiger partial charge in [-0.3, -0.25) is 0 Å². The van der Waals surface area contributed by atoms with E-state index in [0.717, 1.165) is 5.75 Å². The Bertz CT molecular complexity index is 76.5. The van der Waals surface area contributed by atoms with Crippen LogP contribution in [-0.4, -0.2) is 23.1 Å². The molecule has 1 heterocycles. The lowest BCUT2D eigenvalue weighted by Crippen LogP contribution is -2.42. The molecule has 4 N–H and O–H groups in total. The van der Waals surface area contributed by atoms with Gasteiger partial charge in [0, 0.05) is 23.1 Å². The van der Waals surface area contributed by atoms with Crippen molar-refractivity contribution in [1.29, 1.82) is 0 Å². The number of nitrogens with two attached hydrogens (primary N) is 2. The van der Waals surface area contributed by atoms with Gasteiger partial charge in [-0.05, 0) is 0 Å².